The molecule has 114 valence electrons. The molecule has 4 nitrogen and oxygen atoms in total. The highest BCUT2D eigenvalue weighted by Gasteiger charge is 2.03. The molecule has 1 rings (SSSR count). The van der Waals surface area contributed by atoms with E-state index in [0.717, 1.165) is 23.3 Å². The summed E-state index contributed by atoms with van der Waals surface area (Å²) in [5.74, 6) is 0.825. The Morgan fingerprint density at radius 2 is 1.90 bits per heavy atom. The van der Waals surface area contributed by atoms with Crippen LogP contribution in [0.25, 0.3) is 0 Å². The predicted octanol–water partition coefficient (Wildman–Crippen LogP) is 2.35. The number of rotatable bonds is 7. The summed E-state index contributed by atoms with van der Waals surface area (Å²) in [6.07, 6.45) is 1.16. The van der Waals surface area contributed by atoms with Gasteiger partial charge in [-0.15, -0.1) is 12.4 Å². The van der Waals surface area contributed by atoms with Gasteiger partial charge in [0.2, 0.25) is 5.91 Å². The molecule has 0 spiro atoms. The van der Waals surface area contributed by atoms with Crippen LogP contribution in [0.5, 0.6) is 5.75 Å². The molecule has 0 aliphatic heterocycles. The average molecular weight is 301 g/mol. The van der Waals surface area contributed by atoms with E-state index in [1.807, 2.05) is 32.9 Å². The first-order chi connectivity index (χ1) is 8.97. The summed E-state index contributed by atoms with van der Waals surface area (Å²) < 4.78 is 5.58. The molecule has 1 unspecified atom stereocenters. The number of amides is 1. The van der Waals surface area contributed by atoms with Gasteiger partial charge < -0.3 is 15.8 Å². The Labute approximate surface area is 127 Å². The van der Waals surface area contributed by atoms with Gasteiger partial charge in [0, 0.05) is 12.6 Å². The van der Waals surface area contributed by atoms with Crippen LogP contribution in [0.2, 0.25) is 0 Å². The first-order valence-corrected chi connectivity index (χ1v) is 6.71. The van der Waals surface area contributed by atoms with E-state index in [0.29, 0.717) is 19.6 Å². The second-order valence-corrected chi connectivity index (χ2v) is 5.04. The highest BCUT2D eigenvalue weighted by Crippen LogP contribution is 2.16. The number of carbonyl (C=O) groups is 1. The summed E-state index contributed by atoms with van der Waals surface area (Å²) in [6.45, 7) is 7.00. The summed E-state index contributed by atoms with van der Waals surface area (Å²) in [7, 11) is 0. The van der Waals surface area contributed by atoms with Gasteiger partial charge in [0.25, 0.3) is 0 Å². The van der Waals surface area contributed by atoms with Crippen molar-refractivity contribution in [3.8, 4) is 5.75 Å². The molecule has 20 heavy (non-hydrogen) atoms. The molecular formula is C15H25ClN2O2. The van der Waals surface area contributed by atoms with Crippen molar-refractivity contribution in [1.29, 1.82) is 0 Å². The van der Waals surface area contributed by atoms with Crippen molar-refractivity contribution in [3.05, 3.63) is 29.3 Å². The molecule has 0 saturated heterocycles. The second-order valence-electron chi connectivity index (χ2n) is 5.04. The number of nitrogens with one attached hydrogen (secondary N) is 1. The first kappa shape index (κ1) is 18.7. The first-order valence-electron chi connectivity index (χ1n) is 6.71. The molecule has 0 saturated carbocycles. The van der Waals surface area contributed by atoms with Crippen molar-refractivity contribution in [3.63, 3.8) is 0 Å². The van der Waals surface area contributed by atoms with Crippen LogP contribution in [0.15, 0.2) is 18.2 Å². The van der Waals surface area contributed by atoms with Crippen LogP contribution in [0.1, 0.15) is 30.9 Å². The standard InChI is InChI=1S/C15H24N2O2.ClH/c1-11-8-12(2)10-14(9-11)19-7-5-15(18)17-6-4-13(3)16;/h8-10,13H,4-7,16H2,1-3H3,(H,17,18);1H. The van der Waals surface area contributed by atoms with Crippen molar-refractivity contribution in [1.82, 2.24) is 5.32 Å². The van der Waals surface area contributed by atoms with Crippen LogP contribution in [0, 0.1) is 13.8 Å². The summed E-state index contributed by atoms with van der Waals surface area (Å²) >= 11 is 0. The van der Waals surface area contributed by atoms with E-state index in [2.05, 4.69) is 11.4 Å². The minimum Gasteiger partial charge on any atom is -0.493 e. The Balaban J connectivity index is 0.00000361. The number of halogens is 1. The van der Waals surface area contributed by atoms with Gasteiger partial charge in [0.05, 0.1) is 13.0 Å². The number of hydrogen-bond donors (Lipinski definition) is 2. The third kappa shape index (κ3) is 8.02. The van der Waals surface area contributed by atoms with E-state index in [1.165, 1.54) is 0 Å². The number of ether oxygens (including phenoxy) is 1. The third-order valence-electron chi connectivity index (χ3n) is 2.71. The average Bonchev–Trinajstić information content (AvgIpc) is 2.27. The molecular weight excluding hydrogens is 276 g/mol. The highest BCUT2D eigenvalue weighted by atomic mass is 35.5. The maximum Gasteiger partial charge on any atom is 0.223 e. The lowest BCUT2D eigenvalue weighted by atomic mass is 10.1. The van der Waals surface area contributed by atoms with Gasteiger partial charge in [0.1, 0.15) is 5.75 Å². The summed E-state index contributed by atoms with van der Waals surface area (Å²) in [4.78, 5) is 11.5. The predicted molar refractivity (Wildman–Crippen MR) is 84.6 cm³/mol. The second kappa shape index (κ2) is 9.61. The SMILES string of the molecule is Cc1cc(C)cc(OCCC(=O)NCCC(C)N)c1.Cl. The van der Waals surface area contributed by atoms with Crippen molar-refractivity contribution in [2.45, 2.75) is 39.7 Å². The highest BCUT2D eigenvalue weighted by molar-refractivity contribution is 5.85. The number of carbonyl (C=O) groups excluding carboxylic acids is 1. The Kier molecular flexibility index (Phi) is 9.01. The summed E-state index contributed by atoms with van der Waals surface area (Å²) in [6, 6.07) is 6.15. The molecule has 0 fully saturated rings. The Hall–Kier alpha value is -1.26. The van der Waals surface area contributed by atoms with Crippen LogP contribution < -0.4 is 15.8 Å². The molecule has 5 heteroatoms. The zero-order valence-electron chi connectivity index (χ0n) is 12.4. The van der Waals surface area contributed by atoms with E-state index in [-0.39, 0.29) is 24.4 Å². The molecule has 1 aromatic carbocycles. The third-order valence-corrected chi connectivity index (χ3v) is 2.71. The van der Waals surface area contributed by atoms with Crippen LogP contribution in [0.3, 0.4) is 0 Å². The zero-order chi connectivity index (χ0) is 14.3. The molecule has 3 N–H and O–H groups in total. The smallest absolute Gasteiger partial charge is 0.223 e. The lowest BCUT2D eigenvalue weighted by Crippen LogP contribution is -2.29. The van der Waals surface area contributed by atoms with Crippen LogP contribution in [-0.2, 0) is 4.79 Å². The van der Waals surface area contributed by atoms with E-state index < -0.39 is 0 Å². The van der Waals surface area contributed by atoms with Crippen LogP contribution in [-0.4, -0.2) is 25.1 Å². The van der Waals surface area contributed by atoms with E-state index in [4.69, 9.17) is 10.5 Å². The summed E-state index contributed by atoms with van der Waals surface area (Å²) in [5.41, 5.74) is 7.93. The largest absolute Gasteiger partial charge is 0.493 e. The molecule has 1 aromatic rings. The molecule has 0 bridgehead atoms. The van der Waals surface area contributed by atoms with Gasteiger partial charge in [0.15, 0.2) is 0 Å². The van der Waals surface area contributed by atoms with Crippen molar-refractivity contribution >= 4 is 18.3 Å². The Morgan fingerprint density at radius 1 is 1.30 bits per heavy atom. The van der Waals surface area contributed by atoms with Crippen molar-refractivity contribution in [2.75, 3.05) is 13.2 Å². The van der Waals surface area contributed by atoms with Crippen molar-refractivity contribution in [2.24, 2.45) is 5.73 Å². The van der Waals surface area contributed by atoms with Gasteiger partial charge in [-0.25, -0.2) is 0 Å². The fraction of sp³-hybridized carbons (Fsp3) is 0.533. The molecule has 1 amide bonds. The maximum atomic E-state index is 11.5. The van der Waals surface area contributed by atoms with E-state index in [1.54, 1.807) is 0 Å². The number of nitrogens with two attached hydrogens (primary N) is 1. The van der Waals surface area contributed by atoms with Gasteiger partial charge in [-0.2, -0.15) is 0 Å². The Bertz CT molecular complexity index is 402. The minimum atomic E-state index is 0. The molecule has 0 heterocycles. The molecule has 0 radical (unpaired) electrons. The van der Waals surface area contributed by atoms with E-state index in [9.17, 15) is 4.79 Å². The number of hydrogen-bond acceptors (Lipinski definition) is 3. The molecule has 0 aromatic heterocycles. The Morgan fingerprint density at radius 3 is 2.45 bits per heavy atom. The molecule has 0 aliphatic rings. The van der Waals surface area contributed by atoms with Crippen LogP contribution in [0.4, 0.5) is 0 Å². The molecule has 1 atom stereocenters. The lowest BCUT2D eigenvalue weighted by Gasteiger charge is -2.09. The lowest BCUT2D eigenvalue weighted by molar-refractivity contribution is -0.121. The van der Waals surface area contributed by atoms with Gasteiger partial charge in [-0.05, 0) is 50.5 Å². The number of aryl methyl sites for hydroxylation is 2. The van der Waals surface area contributed by atoms with Crippen molar-refractivity contribution < 1.29 is 9.53 Å². The number of benzene rings is 1. The minimum absolute atomic E-state index is 0. The fourth-order valence-corrected chi connectivity index (χ4v) is 1.81. The van der Waals surface area contributed by atoms with Crippen LogP contribution >= 0.6 is 12.4 Å². The molecule has 0 aliphatic carbocycles. The summed E-state index contributed by atoms with van der Waals surface area (Å²) in [5, 5.41) is 2.82. The topological polar surface area (TPSA) is 64.3 Å². The zero-order valence-corrected chi connectivity index (χ0v) is 13.3. The van der Waals surface area contributed by atoms with E-state index >= 15 is 0 Å². The maximum absolute atomic E-state index is 11.5. The monoisotopic (exact) mass is 300 g/mol. The van der Waals surface area contributed by atoms with Gasteiger partial charge in [-0.1, -0.05) is 6.07 Å². The van der Waals surface area contributed by atoms with Gasteiger partial charge in [-0.3, -0.25) is 4.79 Å². The fourth-order valence-electron chi connectivity index (χ4n) is 1.81. The quantitative estimate of drug-likeness (QED) is 0.812. The van der Waals surface area contributed by atoms with Gasteiger partial charge >= 0.3 is 0 Å². The normalized spacial score (nSPS) is 11.4.